The Bertz CT molecular complexity index is 1130. The van der Waals surface area contributed by atoms with Crippen LogP contribution in [-0.4, -0.2) is 64.6 Å². The average Bonchev–Trinajstić information content (AvgIpc) is 2.93. The largest absolute Gasteiger partial charge is 0.508 e. The number of nitrogens with one attached hydrogen (secondary N) is 3. The number of aliphatic carboxylic acids is 1. The van der Waals surface area contributed by atoms with Gasteiger partial charge in [0.25, 0.3) is 0 Å². The van der Waals surface area contributed by atoms with Crippen LogP contribution in [0.25, 0.3) is 0 Å². The van der Waals surface area contributed by atoms with Gasteiger partial charge in [0.15, 0.2) is 0 Å². The molecule has 0 aromatic heterocycles. The Morgan fingerprint density at radius 3 is 1.90 bits per heavy atom. The monoisotopic (exact) mass is 569 g/mol. The molecule has 0 saturated heterocycles. The molecule has 3 amide bonds. The van der Waals surface area contributed by atoms with Gasteiger partial charge in [0.05, 0.1) is 6.04 Å². The summed E-state index contributed by atoms with van der Waals surface area (Å²) in [5.74, 6) is -2.88. The highest BCUT2D eigenvalue weighted by molar-refractivity contribution is 5.94. The molecule has 2 aromatic rings. The first-order valence-corrected chi connectivity index (χ1v) is 13.9. The summed E-state index contributed by atoms with van der Waals surface area (Å²) in [4.78, 5) is 51.5. The third kappa shape index (κ3) is 12.0. The van der Waals surface area contributed by atoms with Gasteiger partial charge in [-0.25, -0.2) is 4.79 Å². The highest BCUT2D eigenvalue weighted by Crippen LogP contribution is 2.13. The van der Waals surface area contributed by atoms with Crippen molar-refractivity contribution in [1.29, 1.82) is 0 Å². The summed E-state index contributed by atoms with van der Waals surface area (Å²) in [6.07, 6.45) is 1.91. The Balaban J connectivity index is 2.23. The van der Waals surface area contributed by atoms with E-state index in [4.69, 9.17) is 11.5 Å². The second-order valence-electron chi connectivity index (χ2n) is 10.6. The molecule has 0 aliphatic carbocycles. The van der Waals surface area contributed by atoms with E-state index < -0.39 is 47.9 Å². The number of amides is 3. The predicted molar refractivity (Wildman–Crippen MR) is 156 cm³/mol. The lowest BCUT2D eigenvalue weighted by Crippen LogP contribution is -2.57. The molecule has 11 nitrogen and oxygen atoms in total. The molecule has 0 radical (unpaired) electrons. The molecule has 9 N–H and O–H groups in total. The molecule has 11 heteroatoms. The number of unbranched alkanes of at least 4 members (excludes halogenated alkanes) is 1. The smallest absolute Gasteiger partial charge is 0.326 e. The maximum absolute atomic E-state index is 13.5. The van der Waals surface area contributed by atoms with Crippen LogP contribution in [0, 0.1) is 5.92 Å². The van der Waals surface area contributed by atoms with Gasteiger partial charge in [-0.3, -0.25) is 14.4 Å². The molecule has 41 heavy (non-hydrogen) atoms. The normalized spacial score (nSPS) is 14.0. The summed E-state index contributed by atoms with van der Waals surface area (Å²) in [5.41, 5.74) is 13.3. The lowest BCUT2D eigenvalue weighted by atomic mass is 10.0. The Labute approximate surface area is 241 Å². The highest BCUT2D eigenvalue weighted by atomic mass is 16.4. The van der Waals surface area contributed by atoms with Crippen LogP contribution in [0.4, 0.5) is 0 Å². The van der Waals surface area contributed by atoms with Gasteiger partial charge in [-0.1, -0.05) is 56.3 Å². The summed E-state index contributed by atoms with van der Waals surface area (Å²) < 4.78 is 0. The number of carbonyl (C=O) groups is 4. The zero-order valence-electron chi connectivity index (χ0n) is 23.7. The molecule has 0 heterocycles. The predicted octanol–water partition coefficient (Wildman–Crippen LogP) is 1.22. The lowest BCUT2D eigenvalue weighted by molar-refractivity contribution is -0.142. The summed E-state index contributed by atoms with van der Waals surface area (Å²) >= 11 is 0. The van der Waals surface area contributed by atoms with E-state index in [1.165, 1.54) is 12.1 Å². The standard InChI is InChI=1S/C30H43N5O6/c1-19(2)16-26(30(40)41)35-28(38)24(10-6-7-15-31)33-29(39)25(18-21-11-13-22(36)14-12-21)34-27(37)23(32)17-20-8-4-3-5-9-20/h3-5,8-9,11-14,19,23-26,36H,6-7,10,15-18,31-32H2,1-2H3,(H,33,39)(H,34,37)(H,35,38)(H,40,41). The minimum atomic E-state index is -1.16. The van der Waals surface area contributed by atoms with E-state index in [1.807, 2.05) is 44.2 Å². The van der Waals surface area contributed by atoms with Gasteiger partial charge in [-0.05, 0) is 67.8 Å². The number of phenolic OH excluding ortho intramolecular Hbond substituents is 1. The van der Waals surface area contributed by atoms with Gasteiger partial charge < -0.3 is 37.6 Å². The molecule has 0 spiro atoms. The number of carbonyl (C=O) groups excluding carboxylic acids is 3. The zero-order chi connectivity index (χ0) is 30.4. The van der Waals surface area contributed by atoms with Crippen molar-refractivity contribution in [2.24, 2.45) is 17.4 Å². The zero-order valence-corrected chi connectivity index (χ0v) is 23.7. The van der Waals surface area contributed by atoms with E-state index >= 15 is 0 Å². The summed E-state index contributed by atoms with van der Waals surface area (Å²) in [6, 6.07) is 11.3. The molecule has 2 aromatic carbocycles. The molecule has 0 aliphatic rings. The van der Waals surface area contributed by atoms with Crippen molar-refractivity contribution in [2.75, 3.05) is 6.54 Å². The third-order valence-electron chi connectivity index (χ3n) is 6.55. The third-order valence-corrected chi connectivity index (χ3v) is 6.55. The molecular formula is C30H43N5O6. The molecular weight excluding hydrogens is 526 g/mol. The summed E-state index contributed by atoms with van der Waals surface area (Å²) in [6.45, 7) is 4.09. The van der Waals surface area contributed by atoms with Crippen LogP contribution < -0.4 is 27.4 Å². The van der Waals surface area contributed by atoms with Gasteiger partial charge in [-0.15, -0.1) is 0 Å². The topological polar surface area (TPSA) is 197 Å². The lowest BCUT2D eigenvalue weighted by Gasteiger charge is -2.26. The maximum Gasteiger partial charge on any atom is 0.326 e. The Kier molecular flexibility index (Phi) is 13.8. The van der Waals surface area contributed by atoms with Crippen molar-refractivity contribution >= 4 is 23.7 Å². The van der Waals surface area contributed by atoms with Crippen molar-refractivity contribution < 1.29 is 29.4 Å². The molecule has 0 fully saturated rings. The van der Waals surface area contributed by atoms with Crippen molar-refractivity contribution in [3.63, 3.8) is 0 Å². The minimum absolute atomic E-state index is 0.0201. The highest BCUT2D eigenvalue weighted by Gasteiger charge is 2.30. The molecule has 224 valence electrons. The minimum Gasteiger partial charge on any atom is -0.508 e. The fraction of sp³-hybridized carbons (Fsp3) is 0.467. The number of benzene rings is 2. The van der Waals surface area contributed by atoms with Crippen LogP contribution in [0.1, 0.15) is 50.7 Å². The molecule has 0 saturated carbocycles. The van der Waals surface area contributed by atoms with E-state index in [-0.39, 0.29) is 37.4 Å². The van der Waals surface area contributed by atoms with E-state index in [9.17, 15) is 29.4 Å². The van der Waals surface area contributed by atoms with Crippen LogP contribution >= 0.6 is 0 Å². The van der Waals surface area contributed by atoms with Crippen LogP contribution in [0.5, 0.6) is 5.75 Å². The SMILES string of the molecule is CC(C)CC(NC(=O)C(CCCCN)NC(=O)C(Cc1ccc(O)cc1)NC(=O)C(N)Cc1ccccc1)C(=O)O. The Morgan fingerprint density at radius 2 is 1.32 bits per heavy atom. The number of carboxylic acid groups (broad SMARTS) is 1. The van der Waals surface area contributed by atoms with E-state index in [0.717, 1.165) is 5.56 Å². The van der Waals surface area contributed by atoms with Crippen LogP contribution in [-0.2, 0) is 32.0 Å². The van der Waals surface area contributed by atoms with Gasteiger partial charge in [-0.2, -0.15) is 0 Å². The first kappa shape index (κ1) is 33.2. The Hall–Kier alpha value is -3.96. The number of aromatic hydroxyl groups is 1. The van der Waals surface area contributed by atoms with Crippen LogP contribution in [0.15, 0.2) is 54.6 Å². The van der Waals surface area contributed by atoms with E-state index in [0.29, 0.717) is 24.9 Å². The second-order valence-corrected chi connectivity index (χ2v) is 10.6. The van der Waals surface area contributed by atoms with Crippen molar-refractivity contribution in [1.82, 2.24) is 16.0 Å². The second kappa shape index (κ2) is 17.0. The Morgan fingerprint density at radius 1 is 0.756 bits per heavy atom. The number of carboxylic acids is 1. The van der Waals surface area contributed by atoms with Crippen molar-refractivity contribution in [3.05, 3.63) is 65.7 Å². The quantitative estimate of drug-likeness (QED) is 0.138. The number of hydrogen-bond donors (Lipinski definition) is 7. The van der Waals surface area contributed by atoms with E-state index in [2.05, 4.69) is 16.0 Å². The van der Waals surface area contributed by atoms with Crippen molar-refractivity contribution in [3.8, 4) is 5.75 Å². The van der Waals surface area contributed by atoms with Gasteiger partial charge in [0.1, 0.15) is 23.9 Å². The number of hydrogen-bond acceptors (Lipinski definition) is 7. The molecule has 2 rings (SSSR count). The molecule has 0 aliphatic heterocycles. The van der Waals surface area contributed by atoms with Crippen LogP contribution in [0.2, 0.25) is 0 Å². The summed E-state index contributed by atoms with van der Waals surface area (Å²) in [7, 11) is 0. The van der Waals surface area contributed by atoms with Gasteiger partial charge >= 0.3 is 5.97 Å². The van der Waals surface area contributed by atoms with E-state index in [1.54, 1.807) is 12.1 Å². The molecule has 4 unspecified atom stereocenters. The van der Waals surface area contributed by atoms with Gasteiger partial charge in [0.2, 0.25) is 17.7 Å². The van der Waals surface area contributed by atoms with Crippen LogP contribution in [0.3, 0.4) is 0 Å². The molecule has 0 bridgehead atoms. The van der Waals surface area contributed by atoms with Gasteiger partial charge in [0, 0.05) is 6.42 Å². The summed E-state index contributed by atoms with van der Waals surface area (Å²) in [5, 5.41) is 27.2. The van der Waals surface area contributed by atoms with Crippen molar-refractivity contribution in [2.45, 2.75) is 76.5 Å². The molecule has 4 atom stereocenters. The fourth-order valence-corrected chi connectivity index (χ4v) is 4.32. The number of phenols is 1. The first-order valence-electron chi connectivity index (χ1n) is 13.9. The number of rotatable bonds is 17. The first-order chi connectivity index (χ1) is 19.5. The number of nitrogens with two attached hydrogens (primary N) is 2. The fourth-order valence-electron chi connectivity index (χ4n) is 4.32. The average molecular weight is 570 g/mol. The maximum atomic E-state index is 13.5.